The van der Waals surface area contributed by atoms with Crippen LogP contribution >= 0.6 is 0 Å². The summed E-state index contributed by atoms with van der Waals surface area (Å²) < 4.78 is 16.3. The number of fused-ring (bicyclic) bond motifs is 1. The van der Waals surface area contributed by atoms with E-state index in [9.17, 15) is 0 Å². The van der Waals surface area contributed by atoms with Crippen LogP contribution in [0.4, 0.5) is 0 Å². The highest BCUT2D eigenvalue weighted by Crippen LogP contribution is 2.66. The summed E-state index contributed by atoms with van der Waals surface area (Å²) in [6.45, 7) is 5.49. The second-order valence-electron chi connectivity index (χ2n) is 5.59. The number of benzene rings is 1. The van der Waals surface area contributed by atoms with Gasteiger partial charge >= 0.3 is 0 Å². The number of hydrogen-bond acceptors (Lipinski definition) is 4. The molecular weight excluding hydrogens is 230 g/mol. The van der Waals surface area contributed by atoms with Crippen LogP contribution in [0.1, 0.15) is 25.3 Å². The molecule has 0 amide bonds. The van der Waals surface area contributed by atoms with Crippen molar-refractivity contribution >= 4 is 0 Å². The summed E-state index contributed by atoms with van der Waals surface area (Å²) in [6, 6.07) is 3.96. The van der Waals surface area contributed by atoms with Crippen molar-refractivity contribution in [1.29, 1.82) is 0 Å². The van der Waals surface area contributed by atoms with Gasteiger partial charge in [0, 0.05) is 11.6 Å². The van der Waals surface area contributed by atoms with Crippen molar-refractivity contribution in [3.8, 4) is 17.2 Å². The molecule has 1 aliphatic carbocycles. The molecule has 1 aliphatic heterocycles. The quantitative estimate of drug-likeness (QED) is 0.891. The maximum atomic E-state index is 5.84. The first kappa shape index (κ1) is 11.7. The van der Waals surface area contributed by atoms with Gasteiger partial charge in [-0.3, -0.25) is 0 Å². The Hall–Kier alpha value is -1.42. The van der Waals surface area contributed by atoms with Crippen LogP contribution in [-0.4, -0.2) is 20.4 Å². The van der Waals surface area contributed by atoms with E-state index < -0.39 is 0 Å². The highest BCUT2D eigenvalue weighted by Gasteiger charge is 2.58. The van der Waals surface area contributed by atoms with Gasteiger partial charge in [-0.1, -0.05) is 13.8 Å². The first-order chi connectivity index (χ1) is 8.59. The lowest BCUT2D eigenvalue weighted by Gasteiger charge is -2.11. The summed E-state index contributed by atoms with van der Waals surface area (Å²) in [5, 5.41) is 0. The molecule has 0 bridgehead atoms. The van der Waals surface area contributed by atoms with Crippen LogP contribution in [0.5, 0.6) is 17.2 Å². The van der Waals surface area contributed by atoms with Gasteiger partial charge in [0.25, 0.3) is 0 Å². The lowest BCUT2D eigenvalue weighted by atomic mass is 10.0. The predicted molar refractivity (Wildman–Crippen MR) is 68.2 cm³/mol. The maximum Gasteiger partial charge on any atom is 0.231 e. The minimum atomic E-state index is 0.232. The minimum Gasteiger partial charge on any atom is -0.496 e. The average Bonchev–Trinajstić information content (AvgIpc) is 2.72. The maximum absolute atomic E-state index is 5.84. The Kier molecular flexibility index (Phi) is 2.45. The number of rotatable bonds is 3. The molecule has 3 rings (SSSR count). The van der Waals surface area contributed by atoms with E-state index in [1.807, 2.05) is 12.1 Å². The van der Waals surface area contributed by atoms with Crippen molar-refractivity contribution in [2.75, 3.05) is 20.4 Å². The molecule has 0 saturated heterocycles. The number of hydrogen-bond donors (Lipinski definition) is 1. The van der Waals surface area contributed by atoms with E-state index in [-0.39, 0.29) is 12.2 Å². The van der Waals surface area contributed by atoms with Crippen molar-refractivity contribution in [2.45, 2.75) is 19.8 Å². The van der Waals surface area contributed by atoms with E-state index in [0.29, 0.717) is 18.4 Å². The molecule has 98 valence electrons. The zero-order valence-electron chi connectivity index (χ0n) is 11.0. The van der Waals surface area contributed by atoms with E-state index in [0.717, 1.165) is 17.2 Å². The molecule has 2 aliphatic rings. The molecule has 0 radical (unpaired) electrons. The van der Waals surface area contributed by atoms with Crippen molar-refractivity contribution in [1.82, 2.24) is 0 Å². The van der Waals surface area contributed by atoms with Crippen LogP contribution in [0.3, 0.4) is 0 Å². The van der Waals surface area contributed by atoms with Crippen LogP contribution in [-0.2, 0) is 0 Å². The molecule has 0 aromatic heterocycles. The Bertz CT molecular complexity index is 484. The second kappa shape index (κ2) is 3.79. The molecule has 2 N–H and O–H groups in total. The largest absolute Gasteiger partial charge is 0.496 e. The molecule has 1 heterocycles. The van der Waals surface area contributed by atoms with E-state index in [1.54, 1.807) is 7.11 Å². The average molecular weight is 249 g/mol. The van der Waals surface area contributed by atoms with Crippen LogP contribution in [0.2, 0.25) is 0 Å². The van der Waals surface area contributed by atoms with E-state index in [1.165, 1.54) is 5.56 Å². The number of methoxy groups -OCH3 is 1. The fraction of sp³-hybridized carbons (Fsp3) is 0.571. The first-order valence-electron chi connectivity index (χ1n) is 6.27. The Morgan fingerprint density at radius 1 is 1.33 bits per heavy atom. The summed E-state index contributed by atoms with van der Waals surface area (Å²) >= 11 is 0. The van der Waals surface area contributed by atoms with Crippen LogP contribution in [0.15, 0.2) is 12.1 Å². The van der Waals surface area contributed by atoms with Crippen LogP contribution in [0.25, 0.3) is 0 Å². The lowest BCUT2D eigenvalue weighted by Crippen LogP contribution is -2.05. The molecular formula is C14H19NO3. The summed E-state index contributed by atoms with van der Waals surface area (Å²) in [4.78, 5) is 0. The summed E-state index contributed by atoms with van der Waals surface area (Å²) in [5.41, 5.74) is 7.26. The Labute approximate surface area is 107 Å². The van der Waals surface area contributed by atoms with Gasteiger partial charge in [0.15, 0.2) is 11.5 Å². The minimum absolute atomic E-state index is 0.232. The van der Waals surface area contributed by atoms with Gasteiger partial charge in [-0.25, -0.2) is 0 Å². The summed E-state index contributed by atoms with van der Waals surface area (Å²) in [7, 11) is 1.69. The van der Waals surface area contributed by atoms with Gasteiger partial charge in [0.1, 0.15) is 5.75 Å². The standard InChI is InChI=1S/C14H19NO3/c1-14(2)9(6-15)13(14)8-4-11-12(18-7-17-11)5-10(8)16-3/h4-5,9,13H,6-7,15H2,1-3H3. The zero-order valence-corrected chi connectivity index (χ0v) is 11.0. The van der Waals surface area contributed by atoms with Crippen molar-refractivity contribution in [3.05, 3.63) is 17.7 Å². The lowest BCUT2D eigenvalue weighted by molar-refractivity contribution is 0.174. The monoisotopic (exact) mass is 249 g/mol. The highest BCUT2D eigenvalue weighted by atomic mass is 16.7. The molecule has 0 spiro atoms. The predicted octanol–water partition coefficient (Wildman–Crippen LogP) is 2.12. The molecule has 1 saturated carbocycles. The topological polar surface area (TPSA) is 53.7 Å². The fourth-order valence-electron chi connectivity index (χ4n) is 3.16. The number of ether oxygens (including phenoxy) is 3. The van der Waals surface area contributed by atoms with Gasteiger partial charge < -0.3 is 19.9 Å². The normalized spacial score (nSPS) is 27.1. The fourth-order valence-corrected chi connectivity index (χ4v) is 3.16. The number of nitrogens with two attached hydrogens (primary N) is 1. The smallest absolute Gasteiger partial charge is 0.231 e. The Morgan fingerprint density at radius 3 is 2.56 bits per heavy atom. The molecule has 1 fully saturated rings. The molecule has 18 heavy (non-hydrogen) atoms. The second-order valence-corrected chi connectivity index (χ2v) is 5.59. The molecule has 4 nitrogen and oxygen atoms in total. The van der Waals surface area contributed by atoms with Gasteiger partial charge in [0.05, 0.1) is 7.11 Å². The van der Waals surface area contributed by atoms with Crippen molar-refractivity contribution in [2.24, 2.45) is 17.1 Å². The molecule has 1 aromatic rings. The van der Waals surface area contributed by atoms with E-state index >= 15 is 0 Å². The SMILES string of the molecule is COc1cc2c(cc1C1C(CN)C1(C)C)OCO2. The molecule has 1 aromatic carbocycles. The van der Waals surface area contributed by atoms with Gasteiger partial charge in [-0.15, -0.1) is 0 Å². The van der Waals surface area contributed by atoms with Crippen LogP contribution < -0.4 is 19.9 Å². The Morgan fingerprint density at radius 2 is 2.00 bits per heavy atom. The van der Waals surface area contributed by atoms with Gasteiger partial charge in [-0.2, -0.15) is 0 Å². The summed E-state index contributed by atoms with van der Waals surface area (Å²) in [5.74, 6) is 3.38. The molecule has 2 atom stereocenters. The zero-order chi connectivity index (χ0) is 12.9. The first-order valence-corrected chi connectivity index (χ1v) is 6.27. The third kappa shape index (κ3) is 1.48. The highest BCUT2D eigenvalue weighted by molar-refractivity contribution is 5.55. The third-order valence-corrected chi connectivity index (χ3v) is 4.36. The van der Waals surface area contributed by atoms with Gasteiger partial charge in [0.2, 0.25) is 6.79 Å². The van der Waals surface area contributed by atoms with Crippen LogP contribution in [0, 0.1) is 11.3 Å². The molecule has 4 heteroatoms. The Balaban J connectivity index is 2.02. The van der Waals surface area contributed by atoms with Crippen molar-refractivity contribution < 1.29 is 14.2 Å². The summed E-state index contributed by atoms with van der Waals surface area (Å²) in [6.07, 6.45) is 0. The third-order valence-electron chi connectivity index (χ3n) is 4.36. The van der Waals surface area contributed by atoms with Crippen molar-refractivity contribution in [3.63, 3.8) is 0 Å². The van der Waals surface area contributed by atoms with Gasteiger partial charge in [-0.05, 0) is 29.9 Å². The van der Waals surface area contributed by atoms with E-state index in [4.69, 9.17) is 19.9 Å². The molecule has 2 unspecified atom stereocenters. The van der Waals surface area contributed by atoms with E-state index in [2.05, 4.69) is 13.8 Å².